The summed E-state index contributed by atoms with van der Waals surface area (Å²) >= 11 is 5.97. The van der Waals surface area contributed by atoms with Crippen LogP contribution in [0.15, 0.2) is 42.5 Å². The Morgan fingerprint density at radius 2 is 2.00 bits per heavy atom. The van der Waals surface area contributed by atoms with Gasteiger partial charge in [-0.1, -0.05) is 23.7 Å². The van der Waals surface area contributed by atoms with E-state index in [4.69, 9.17) is 16.3 Å². The molecule has 162 valence electrons. The third-order valence-electron chi connectivity index (χ3n) is 4.47. The number of sulfonamides is 1. The first-order chi connectivity index (χ1) is 13.9. The summed E-state index contributed by atoms with van der Waals surface area (Å²) in [5, 5.41) is 2.85. The number of fused-ring (bicyclic) bond motifs is 1. The molecule has 6 nitrogen and oxygen atoms in total. The molecule has 0 bridgehead atoms. The van der Waals surface area contributed by atoms with E-state index in [-0.39, 0.29) is 36.5 Å². The molecule has 1 aliphatic rings. The van der Waals surface area contributed by atoms with E-state index >= 15 is 0 Å². The zero-order chi connectivity index (χ0) is 22.1. The minimum absolute atomic E-state index is 0.0200. The minimum Gasteiger partial charge on any atom is -0.478 e. The Morgan fingerprint density at radius 3 is 2.67 bits per heavy atom. The number of amides is 1. The quantitative estimate of drug-likeness (QED) is 0.753. The third kappa shape index (κ3) is 5.17. The second-order valence-corrected chi connectivity index (χ2v) is 9.10. The maximum absolute atomic E-state index is 12.8. The van der Waals surface area contributed by atoms with E-state index in [9.17, 15) is 26.4 Å². The van der Waals surface area contributed by atoms with Crippen molar-refractivity contribution in [3.63, 3.8) is 0 Å². The summed E-state index contributed by atoms with van der Waals surface area (Å²) in [4.78, 5) is 12.6. The molecule has 1 N–H and O–H groups in total. The molecule has 30 heavy (non-hydrogen) atoms. The van der Waals surface area contributed by atoms with Gasteiger partial charge >= 0.3 is 6.18 Å². The molecule has 1 aliphatic heterocycles. The van der Waals surface area contributed by atoms with Crippen molar-refractivity contribution in [1.82, 2.24) is 5.32 Å². The predicted octanol–water partition coefficient (Wildman–Crippen LogP) is 3.59. The molecule has 0 aromatic heterocycles. The number of carbonyl (C=O) groups excluding carboxylic acids is 1. The second kappa shape index (κ2) is 8.35. The summed E-state index contributed by atoms with van der Waals surface area (Å²) in [6.45, 7) is -0.153. The highest BCUT2D eigenvalue weighted by Crippen LogP contribution is 2.36. The summed E-state index contributed by atoms with van der Waals surface area (Å²) in [6.07, 6.45) is -4.42. The Morgan fingerprint density at radius 1 is 1.27 bits per heavy atom. The number of benzene rings is 2. The molecular weight excluding hydrogens is 445 g/mol. The number of rotatable bonds is 4. The van der Waals surface area contributed by atoms with Crippen LogP contribution in [0, 0.1) is 0 Å². The van der Waals surface area contributed by atoms with E-state index < -0.39 is 33.8 Å². The Hall–Kier alpha value is -2.46. The number of nitrogens with one attached hydrogen (secondary N) is 1. The standard InChI is InChI=1S/C19H18ClF3N2O4S/c1-30(27,28)25-8-7-17(29-16-6-5-14(20)10-15(16)25)18(26)24-11-12-3-2-4-13(9-12)19(21,22)23/h2-6,9-10,17H,7-8,11H2,1H3,(H,24,26)/t17-/m0/s1. The Labute approximate surface area is 176 Å². The lowest BCUT2D eigenvalue weighted by Gasteiger charge is -2.21. The molecular formula is C19H18ClF3N2O4S. The van der Waals surface area contributed by atoms with Gasteiger partial charge in [0.05, 0.1) is 17.5 Å². The molecule has 0 radical (unpaired) electrons. The van der Waals surface area contributed by atoms with Gasteiger partial charge in [0, 0.05) is 24.5 Å². The molecule has 1 amide bonds. The monoisotopic (exact) mass is 462 g/mol. The van der Waals surface area contributed by atoms with Crippen molar-refractivity contribution in [3.8, 4) is 5.75 Å². The summed E-state index contributed by atoms with van der Waals surface area (Å²) in [5.74, 6) is -0.398. The summed E-state index contributed by atoms with van der Waals surface area (Å²) in [7, 11) is -3.65. The second-order valence-electron chi connectivity index (χ2n) is 6.76. The van der Waals surface area contributed by atoms with Gasteiger partial charge in [-0.3, -0.25) is 9.10 Å². The SMILES string of the molecule is CS(=O)(=O)N1CC[C@@H](C(=O)NCc2cccc(C(F)(F)F)c2)Oc2ccc(Cl)cc21. The molecule has 2 aromatic rings. The van der Waals surface area contributed by atoms with Crippen LogP contribution in [0.5, 0.6) is 5.75 Å². The van der Waals surface area contributed by atoms with Crippen LogP contribution in [-0.4, -0.2) is 33.2 Å². The van der Waals surface area contributed by atoms with Crippen molar-refractivity contribution >= 4 is 33.2 Å². The number of nitrogens with zero attached hydrogens (tertiary/aromatic N) is 1. The van der Waals surface area contributed by atoms with Gasteiger partial charge in [-0.25, -0.2) is 8.42 Å². The smallest absolute Gasteiger partial charge is 0.416 e. The fourth-order valence-corrected chi connectivity index (χ4v) is 4.15. The van der Waals surface area contributed by atoms with Crippen LogP contribution < -0.4 is 14.4 Å². The molecule has 0 spiro atoms. The third-order valence-corrected chi connectivity index (χ3v) is 5.88. The average molecular weight is 463 g/mol. The van der Waals surface area contributed by atoms with Crippen LogP contribution in [0.3, 0.4) is 0 Å². The first-order valence-electron chi connectivity index (χ1n) is 8.83. The van der Waals surface area contributed by atoms with E-state index in [1.807, 2.05) is 0 Å². The Bertz CT molecular complexity index is 1060. The number of anilines is 1. The van der Waals surface area contributed by atoms with Gasteiger partial charge in [0.25, 0.3) is 5.91 Å². The van der Waals surface area contributed by atoms with Gasteiger partial charge in [0.15, 0.2) is 6.10 Å². The van der Waals surface area contributed by atoms with Crippen LogP contribution in [0.1, 0.15) is 17.5 Å². The highest BCUT2D eigenvalue weighted by molar-refractivity contribution is 7.92. The van der Waals surface area contributed by atoms with Gasteiger partial charge in [-0.15, -0.1) is 0 Å². The van der Waals surface area contributed by atoms with E-state index in [0.717, 1.165) is 22.7 Å². The van der Waals surface area contributed by atoms with Crippen molar-refractivity contribution < 1.29 is 31.1 Å². The number of halogens is 4. The summed E-state index contributed by atoms with van der Waals surface area (Å²) < 4.78 is 69.6. The van der Waals surface area contributed by atoms with Crippen molar-refractivity contribution in [1.29, 1.82) is 0 Å². The van der Waals surface area contributed by atoms with Gasteiger partial charge in [0.2, 0.25) is 10.0 Å². The first-order valence-corrected chi connectivity index (χ1v) is 11.1. The highest BCUT2D eigenvalue weighted by Gasteiger charge is 2.32. The van der Waals surface area contributed by atoms with Gasteiger partial charge in [0.1, 0.15) is 5.75 Å². The van der Waals surface area contributed by atoms with Gasteiger partial charge in [-0.2, -0.15) is 13.2 Å². The lowest BCUT2D eigenvalue weighted by atomic mass is 10.1. The van der Waals surface area contributed by atoms with Gasteiger partial charge in [-0.05, 0) is 35.9 Å². The summed E-state index contributed by atoms with van der Waals surface area (Å²) in [5.41, 5.74) is -0.315. The molecule has 0 unspecified atom stereocenters. The Balaban J connectivity index is 1.76. The number of hydrogen-bond donors (Lipinski definition) is 1. The molecule has 11 heteroatoms. The molecule has 1 heterocycles. The largest absolute Gasteiger partial charge is 0.478 e. The molecule has 0 saturated heterocycles. The lowest BCUT2D eigenvalue weighted by molar-refractivity contribution is -0.137. The number of hydrogen-bond acceptors (Lipinski definition) is 4. The van der Waals surface area contributed by atoms with E-state index in [0.29, 0.717) is 5.02 Å². The molecule has 0 aliphatic carbocycles. The molecule has 0 saturated carbocycles. The fourth-order valence-electron chi connectivity index (χ4n) is 3.04. The lowest BCUT2D eigenvalue weighted by Crippen LogP contribution is -2.39. The maximum Gasteiger partial charge on any atom is 0.416 e. The highest BCUT2D eigenvalue weighted by atomic mass is 35.5. The zero-order valence-corrected chi connectivity index (χ0v) is 17.3. The van der Waals surface area contributed by atoms with Crippen molar-refractivity contribution in [2.75, 3.05) is 17.1 Å². The number of alkyl halides is 3. The molecule has 3 rings (SSSR count). The molecule has 1 atom stereocenters. The van der Waals surface area contributed by atoms with Crippen molar-refractivity contribution in [3.05, 3.63) is 58.6 Å². The topological polar surface area (TPSA) is 75.7 Å². The normalized spacial score (nSPS) is 17.0. The Kier molecular flexibility index (Phi) is 6.19. The van der Waals surface area contributed by atoms with Crippen LogP contribution in [0.4, 0.5) is 18.9 Å². The van der Waals surface area contributed by atoms with Crippen molar-refractivity contribution in [2.45, 2.75) is 25.2 Å². The average Bonchev–Trinajstić information content (AvgIpc) is 2.85. The molecule has 0 fully saturated rings. The van der Waals surface area contributed by atoms with E-state index in [1.54, 1.807) is 0 Å². The maximum atomic E-state index is 12.8. The van der Waals surface area contributed by atoms with Crippen LogP contribution in [-0.2, 0) is 27.5 Å². The number of carbonyl (C=O) groups is 1. The van der Waals surface area contributed by atoms with Gasteiger partial charge < -0.3 is 10.1 Å². The van der Waals surface area contributed by atoms with Crippen LogP contribution in [0.2, 0.25) is 5.02 Å². The van der Waals surface area contributed by atoms with E-state index in [2.05, 4.69) is 5.32 Å². The predicted molar refractivity (Wildman–Crippen MR) is 106 cm³/mol. The van der Waals surface area contributed by atoms with Crippen LogP contribution >= 0.6 is 11.6 Å². The molecule has 2 aromatic carbocycles. The minimum atomic E-state index is -4.48. The summed E-state index contributed by atoms with van der Waals surface area (Å²) in [6, 6.07) is 9.03. The van der Waals surface area contributed by atoms with E-state index in [1.165, 1.54) is 30.3 Å². The van der Waals surface area contributed by atoms with Crippen LogP contribution in [0.25, 0.3) is 0 Å². The number of ether oxygens (including phenoxy) is 1. The first kappa shape index (κ1) is 22.2. The van der Waals surface area contributed by atoms with Crippen molar-refractivity contribution in [2.24, 2.45) is 0 Å². The zero-order valence-electron chi connectivity index (χ0n) is 15.7. The fraction of sp³-hybridized carbons (Fsp3) is 0.316.